The molecule has 7 heteroatoms. The fourth-order valence-electron chi connectivity index (χ4n) is 1.84. The van der Waals surface area contributed by atoms with E-state index in [4.69, 9.17) is 10.3 Å². The van der Waals surface area contributed by atoms with Crippen LogP contribution < -0.4 is 5.73 Å². The van der Waals surface area contributed by atoms with Crippen LogP contribution in [0.4, 0.5) is 0 Å². The first-order valence-corrected chi connectivity index (χ1v) is 5.51. The van der Waals surface area contributed by atoms with E-state index in [1.165, 1.54) is 6.07 Å². The van der Waals surface area contributed by atoms with Gasteiger partial charge in [-0.1, -0.05) is 5.16 Å². The zero-order valence-electron chi connectivity index (χ0n) is 9.99. The van der Waals surface area contributed by atoms with Gasteiger partial charge in [0.1, 0.15) is 5.52 Å². The second-order valence-electron chi connectivity index (χ2n) is 4.15. The van der Waals surface area contributed by atoms with Gasteiger partial charge in [0, 0.05) is 11.6 Å². The molecule has 1 aromatic carbocycles. The Kier molecular flexibility index (Phi) is 2.28. The maximum absolute atomic E-state index is 11.1. The average molecular weight is 258 g/mol. The number of hydrogen-bond donors (Lipinski definition) is 2. The van der Waals surface area contributed by atoms with E-state index in [1.807, 2.05) is 0 Å². The fourth-order valence-corrected chi connectivity index (χ4v) is 1.84. The molecular formula is C12H10N4O3. The molecule has 3 aromatic rings. The minimum absolute atomic E-state index is 0.220. The van der Waals surface area contributed by atoms with Crippen molar-refractivity contribution in [2.45, 2.75) is 6.92 Å². The first kappa shape index (κ1) is 11.3. The highest BCUT2D eigenvalue weighted by atomic mass is 16.5. The molecule has 7 nitrogen and oxygen atoms in total. The Labute approximate surface area is 107 Å². The molecule has 0 bridgehead atoms. The van der Waals surface area contributed by atoms with Gasteiger partial charge in [-0.25, -0.2) is 4.98 Å². The summed E-state index contributed by atoms with van der Waals surface area (Å²) in [5.74, 6) is -0.00537. The van der Waals surface area contributed by atoms with Gasteiger partial charge in [0.25, 0.3) is 0 Å². The van der Waals surface area contributed by atoms with E-state index >= 15 is 0 Å². The average Bonchev–Trinajstić information content (AvgIpc) is 2.93. The lowest BCUT2D eigenvalue weighted by Crippen LogP contribution is -2.10. The Morgan fingerprint density at radius 3 is 2.84 bits per heavy atom. The molecule has 0 saturated heterocycles. The lowest BCUT2D eigenvalue weighted by Gasteiger charge is -1.98. The van der Waals surface area contributed by atoms with Gasteiger partial charge in [0.05, 0.1) is 11.2 Å². The minimum atomic E-state index is -0.569. The van der Waals surface area contributed by atoms with Crippen molar-refractivity contribution in [1.29, 1.82) is 0 Å². The molecule has 0 radical (unpaired) electrons. The Hall–Kier alpha value is -2.83. The maximum atomic E-state index is 11.1. The minimum Gasteiger partial charge on any atom is -0.426 e. The molecule has 0 aliphatic carbocycles. The van der Waals surface area contributed by atoms with Gasteiger partial charge in [-0.2, -0.15) is 4.73 Å². The van der Waals surface area contributed by atoms with Crippen LogP contribution in [0.5, 0.6) is 0 Å². The van der Waals surface area contributed by atoms with Crippen molar-refractivity contribution in [3.05, 3.63) is 35.5 Å². The fraction of sp³-hybridized carbons (Fsp3) is 0.0833. The number of rotatable bonds is 2. The van der Waals surface area contributed by atoms with Gasteiger partial charge in [-0.05, 0) is 25.1 Å². The maximum Gasteiger partial charge on any atom is 0.248 e. The standard InChI is InChI=1S/C12H10N4O3/c1-6-4-10(19-15-6)12-14-8-3-2-7(11(13)17)5-9(8)16(12)18/h2-5,18H,1H3,(H2,13,17). The molecule has 0 fully saturated rings. The number of nitrogens with zero attached hydrogens (tertiary/aromatic N) is 3. The normalized spacial score (nSPS) is 11.0. The summed E-state index contributed by atoms with van der Waals surface area (Å²) in [6.07, 6.45) is 0. The zero-order chi connectivity index (χ0) is 13.6. The molecule has 3 rings (SSSR count). The quantitative estimate of drug-likeness (QED) is 0.674. The van der Waals surface area contributed by atoms with Crippen LogP contribution in [-0.4, -0.2) is 26.0 Å². The topological polar surface area (TPSA) is 107 Å². The molecule has 0 aliphatic rings. The van der Waals surface area contributed by atoms with Crippen LogP contribution in [0.25, 0.3) is 22.6 Å². The molecule has 1 amide bonds. The number of carbonyl (C=O) groups excluding carboxylic acids is 1. The van der Waals surface area contributed by atoms with Crippen LogP contribution in [0.1, 0.15) is 16.1 Å². The lowest BCUT2D eigenvalue weighted by molar-refractivity contribution is 0.100. The second kappa shape index (κ2) is 3.84. The summed E-state index contributed by atoms with van der Waals surface area (Å²) in [5.41, 5.74) is 7.07. The Morgan fingerprint density at radius 1 is 1.42 bits per heavy atom. The predicted molar refractivity (Wildman–Crippen MR) is 65.7 cm³/mol. The monoisotopic (exact) mass is 258 g/mol. The van der Waals surface area contributed by atoms with Gasteiger partial charge >= 0.3 is 0 Å². The summed E-state index contributed by atoms with van der Waals surface area (Å²) < 4.78 is 5.90. The van der Waals surface area contributed by atoms with E-state index in [-0.39, 0.29) is 5.82 Å². The highest BCUT2D eigenvalue weighted by Gasteiger charge is 2.16. The molecule has 2 heterocycles. The van der Waals surface area contributed by atoms with E-state index in [0.29, 0.717) is 28.1 Å². The smallest absolute Gasteiger partial charge is 0.248 e. The number of imidazole rings is 1. The lowest BCUT2D eigenvalue weighted by atomic mass is 10.2. The molecule has 0 spiro atoms. The zero-order valence-corrected chi connectivity index (χ0v) is 9.99. The first-order valence-electron chi connectivity index (χ1n) is 5.51. The van der Waals surface area contributed by atoms with Gasteiger partial charge in [0.2, 0.25) is 17.5 Å². The summed E-state index contributed by atoms with van der Waals surface area (Å²) in [6.45, 7) is 1.77. The molecule has 0 saturated carbocycles. The van der Waals surface area contributed by atoms with Crippen molar-refractivity contribution in [2.75, 3.05) is 0 Å². The van der Waals surface area contributed by atoms with Gasteiger partial charge in [-0.15, -0.1) is 0 Å². The summed E-state index contributed by atoms with van der Waals surface area (Å²) in [4.78, 5) is 15.3. The third-order valence-electron chi connectivity index (χ3n) is 2.76. The molecule has 3 N–H and O–H groups in total. The van der Waals surface area contributed by atoms with E-state index in [1.54, 1.807) is 25.1 Å². The summed E-state index contributed by atoms with van der Waals surface area (Å²) in [5, 5.41) is 13.8. The Balaban J connectivity index is 2.23. The number of aromatic nitrogens is 3. The van der Waals surface area contributed by atoms with Crippen LogP contribution in [0, 0.1) is 6.92 Å². The van der Waals surface area contributed by atoms with E-state index in [0.717, 1.165) is 4.73 Å². The van der Waals surface area contributed by atoms with Crippen molar-refractivity contribution in [2.24, 2.45) is 5.73 Å². The van der Waals surface area contributed by atoms with Crippen molar-refractivity contribution in [3.8, 4) is 11.6 Å². The number of fused-ring (bicyclic) bond motifs is 1. The molecule has 0 aliphatic heterocycles. The summed E-state index contributed by atoms with van der Waals surface area (Å²) in [7, 11) is 0. The third-order valence-corrected chi connectivity index (χ3v) is 2.76. The van der Waals surface area contributed by atoms with Crippen LogP contribution in [-0.2, 0) is 0 Å². The number of carbonyl (C=O) groups is 1. The van der Waals surface area contributed by atoms with E-state index in [2.05, 4.69) is 10.1 Å². The van der Waals surface area contributed by atoms with E-state index < -0.39 is 5.91 Å². The Morgan fingerprint density at radius 2 is 2.21 bits per heavy atom. The molecule has 0 atom stereocenters. The molecular weight excluding hydrogens is 248 g/mol. The third kappa shape index (κ3) is 1.71. The Bertz CT molecular complexity index is 787. The summed E-state index contributed by atoms with van der Waals surface area (Å²) >= 11 is 0. The van der Waals surface area contributed by atoms with Crippen molar-refractivity contribution in [1.82, 2.24) is 14.9 Å². The first-order chi connectivity index (χ1) is 9.06. The van der Waals surface area contributed by atoms with Crippen LogP contribution in [0.3, 0.4) is 0 Å². The number of amides is 1. The predicted octanol–water partition coefficient (Wildman–Crippen LogP) is 1.34. The second-order valence-corrected chi connectivity index (χ2v) is 4.15. The van der Waals surface area contributed by atoms with Gasteiger partial charge in [0.15, 0.2) is 0 Å². The highest BCUT2D eigenvalue weighted by molar-refractivity contribution is 5.96. The number of benzene rings is 1. The van der Waals surface area contributed by atoms with Gasteiger partial charge in [-0.3, -0.25) is 4.79 Å². The van der Waals surface area contributed by atoms with Crippen molar-refractivity contribution in [3.63, 3.8) is 0 Å². The SMILES string of the molecule is Cc1cc(-c2nc3ccc(C(N)=O)cc3n2O)on1. The van der Waals surface area contributed by atoms with Gasteiger partial charge < -0.3 is 15.5 Å². The molecule has 96 valence electrons. The van der Waals surface area contributed by atoms with Crippen molar-refractivity contribution >= 4 is 16.9 Å². The van der Waals surface area contributed by atoms with Crippen LogP contribution in [0.2, 0.25) is 0 Å². The van der Waals surface area contributed by atoms with Crippen LogP contribution in [0.15, 0.2) is 28.8 Å². The molecule has 2 aromatic heterocycles. The number of nitrogens with two attached hydrogens (primary N) is 1. The largest absolute Gasteiger partial charge is 0.426 e. The summed E-state index contributed by atoms with van der Waals surface area (Å²) in [6, 6.07) is 6.28. The molecule has 19 heavy (non-hydrogen) atoms. The highest BCUT2D eigenvalue weighted by Crippen LogP contribution is 2.24. The number of aryl methyl sites for hydroxylation is 1. The van der Waals surface area contributed by atoms with Crippen molar-refractivity contribution < 1.29 is 14.5 Å². The number of primary amides is 1. The van der Waals surface area contributed by atoms with Crippen LogP contribution >= 0.6 is 0 Å². The number of hydrogen-bond acceptors (Lipinski definition) is 5. The van der Waals surface area contributed by atoms with E-state index in [9.17, 15) is 10.0 Å². The molecule has 0 unspecified atom stereocenters.